The van der Waals surface area contributed by atoms with Crippen LogP contribution in [-0.4, -0.2) is 12.6 Å². The van der Waals surface area contributed by atoms with Gasteiger partial charge in [0.15, 0.2) is 0 Å². The molecule has 2 rings (SSSR count). The van der Waals surface area contributed by atoms with Gasteiger partial charge in [-0.05, 0) is 56.3 Å². The lowest BCUT2D eigenvalue weighted by Crippen LogP contribution is -2.37. The van der Waals surface area contributed by atoms with Crippen LogP contribution in [0.2, 0.25) is 0 Å². The predicted octanol–water partition coefficient (Wildman–Crippen LogP) is 3.78. The summed E-state index contributed by atoms with van der Waals surface area (Å²) in [6.07, 6.45) is -1.93. The highest BCUT2D eigenvalue weighted by atomic mass is 19.4. The largest absolute Gasteiger partial charge is 0.419 e. The Hall–Kier alpha value is -1.10. The lowest BCUT2D eigenvalue weighted by Gasteiger charge is -2.27. The summed E-state index contributed by atoms with van der Waals surface area (Å²) in [6, 6.07) is 3.72. The molecule has 0 saturated carbocycles. The zero-order chi connectivity index (χ0) is 14.0. The van der Waals surface area contributed by atoms with E-state index in [1.807, 2.05) is 0 Å². The summed E-state index contributed by atoms with van der Waals surface area (Å²) in [5.41, 5.74) is -0.557. The molecular formula is C14H17F4N. The highest BCUT2D eigenvalue weighted by Crippen LogP contribution is 2.32. The Bertz CT molecular complexity index is 434. The standard InChI is InChI=1S/C14H17F4N/c1-9-2-3-11(8-19-9)6-10-4-5-12(13(15)7-10)14(16,17)18/h4-5,7,9,11,19H,2-3,6,8H2,1H3. The molecule has 106 valence electrons. The smallest absolute Gasteiger partial charge is 0.314 e. The monoisotopic (exact) mass is 275 g/mol. The van der Waals surface area contributed by atoms with Crippen molar-refractivity contribution in [1.82, 2.24) is 5.32 Å². The Kier molecular flexibility index (Phi) is 4.13. The second kappa shape index (κ2) is 5.49. The zero-order valence-electron chi connectivity index (χ0n) is 10.7. The first-order valence-electron chi connectivity index (χ1n) is 6.45. The number of rotatable bonds is 2. The summed E-state index contributed by atoms with van der Waals surface area (Å²) in [5, 5.41) is 3.33. The fourth-order valence-corrected chi connectivity index (χ4v) is 2.48. The van der Waals surface area contributed by atoms with E-state index in [2.05, 4.69) is 12.2 Å². The minimum Gasteiger partial charge on any atom is -0.314 e. The number of nitrogens with one attached hydrogen (secondary N) is 1. The highest BCUT2D eigenvalue weighted by molar-refractivity contribution is 5.27. The predicted molar refractivity (Wildman–Crippen MR) is 65.3 cm³/mol. The van der Waals surface area contributed by atoms with Crippen LogP contribution >= 0.6 is 0 Å². The number of alkyl halides is 3. The van der Waals surface area contributed by atoms with E-state index in [-0.39, 0.29) is 0 Å². The molecule has 1 aromatic carbocycles. The molecule has 1 heterocycles. The van der Waals surface area contributed by atoms with Crippen LogP contribution in [0.25, 0.3) is 0 Å². The van der Waals surface area contributed by atoms with Gasteiger partial charge in [0.25, 0.3) is 0 Å². The molecule has 19 heavy (non-hydrogen) atoms. The second-order valence-electron chi connectivity index (χ2n) is 5.27. The van der Waals surface area contributed by atoms with Crippen molar-refractivity contribution < 1.29 is 17.6 Å². The quantitative estimate of drug-likeness (QED) is 0.810. The van der Waals surface area contributed by atoms with E-state index in [4.69, 9.17) is 0 Å². The van der Waals surface area contributed by atoms with Crippen molar-refractivity contribution in [3.05, 3.63) is 35.1 Å². The minimum absolute atomic E-state index is 0.368. The molecule has 1 aliphatic heterocycles. The molecule has 5 heteroatoms. The van der Waals surface area contributed by atoms with Gasteiger partial charge in [-0.15, -0.1) is 0 Å². The van der Waals surface area contributed by atoms with Crippen molar-refractivity contribution in [2.75, 3.05) is 6.54 Å². The lowest BCUT2D eigenvalue weighted by molar-refractivity contribution is -0.140. The van der Waals surface area contributed by atoms with Crippen molar-refractivity contribution in [2.45, 2.75) is 38.4 Å². The third-order valence-electron chi connectivity index (χ3n) is 3.63. The van der Waals surface area contributed by atoms with Crippen LogP contribution in [0.3, 0.4) is 0 Å². The van der Waals surface area contributed by atoms with E-state index in [9.17, 15) is 17.6 Å². The van der Waals surface area contributed by atoms with Crippen molar-refractivity contribution in [3.63, 3.8) is 0 Å². The molecule has 1 nitrogen and oxygen atoms in total. The Morgan fingerprint density at radius 3 is 2.53 bits per heavy atom. The molecule has 0 aliphatic carbocycles. The fraction of sp³-hybridized carbons (Fsp3) is 0.571. The molecule has 2 atom stereocenters. The van der Waals surface area contributed by atoms with Gasteiger partial charge < -0.3 is 5.32 Å². The first-order valence-corrected chi connectivity index (χ1v) is 6.45. The third kappa shape index (κ3) is 3.69. The summed E-state index contributed by atoms with van der Waals surface area (Å²) < 4.78 is 50.7. The number of hydrogen-bond donors (Lipinski definition) is 1. The molecule has 1 fully saturated rings. The molecule has 1 aromatic rings. The maximum Gasteiger partial charge on any atom is 0.419 e. The molecule has 1 aliphatic rings. The first kappa shape index (κ1) is 14.3. The van der Waals surface area contributed by atoms with Gasteiger partial charge in [-0.3, -0.25) is 0 Å². The van der Waals surface area contributed by atoms with Crippen molar-refractivity contribution in [1.29, 1.82) is 0 Å². The molecule has 1 N–H and O–H groups in total. The summed E-state index contributed by atoms with van der Waals surface area (Å²) in [5.74, 6) is -0.811. The summed E-state index contributed by atoms with van der Waals surface area (Å²) in [4.78, 5) is 0. The summed E-state index contributed by atoms with van der Waals surface area (Å²) >= 11 is 0. The average Bonchev–Trinajstić information content (AvgIpc) is 2.30. The number of hydrogen-bond acceptors (Lipinski definition) is 1. The van der Waals surface area contributed by atoms with Crippen LogP contribution in [0.5, 0.6) is 0 Å². The Morgan fingerprint density at radius 2 is 2.00 bits per heavy atom. The van der Waals surface area contributed by atoms with Gasteiger partial charge in [-0.25, -0.2) is 4.39 Å². The first-order chi connectivity index (χ1) is 8.86. The second-order valence-corrected chi connectivity index (χ2v) is 5.27. The van der Waals surface area contributed by atoms with Gasteiger partial charge in [0.05, 0.1) is 5.56 Å². The maximum absolute atomic E-state index is 13.4. The Morgan fingerprint density at radius 1 is 1.26 bits per heavy atom. The van der Waals surface area contributed by atoms with Crippen LogP contribution < -0.4 is 5.32 Å². The van der Waals surface area contributed by atoms with E-state index in [0.717, 1.165) is 31.5 Å². The topological polar surface area (TPSA) is 12.0 Å². The zero-order valence-corrected chi connectivity index (χ0v) is 10.7. The van der Waals surface area contributed by atoms with Gasteiger partial charge in [0.2, 0.25) is 0 Å². The molecule has 1 saturated heterocycles. The van der Waals surface area contributed by atoms with E-state index >= 15 is 0 Å². The SMILES string of the molecule is CC1CCC(Cc2ccc(C(F)(F)F)c(F)c2)CN1. The molecule has 0 bridgehead atoms. The molecule has 0 aromatic heterocycles. The van der Waals surface area contributed by atoms with Crippen LogP contribution in [-0.2, 0) is 12.6 Å². The van der Waals surface area contributed by atoms with Gasteiger partial charge in [-0.1, -0.05) is 6.07 Å². The number of piperidine rings is 1. The number of halogens is 4. The van der Waals surface area contributed by atoms with Gasteiger partial charge in [-0.2, -0.15) is 13.2 Å². The summed E-state index contributed by atoms with van der Waals surface area (Å²) in [6.45, 7) is 2.94. The van der Waals surface area contributed by atoms with Gasteiger partial charge >= 0.3 is 6.18 Å². The summed E-state index contributed by atoms with van der Waals surface area (Å²) in [7, 11) is 0. The van der Waals surface area contributed by atoms with Crippen molar-refractivity contribution in [2.24, 2.45) is 5.92 Å². The fourth-order valence-electron chi connectivity index (χ4n) is 2.48. The van der Waals surface area contributed by atoms with Crippen LogP contribution in [0.1, 0.15) is 30.9 Å². The lowest BCUT2D eigenvalue weighted by atomic mass is 9.89. The Balaban J connectivity index is 2.04. The highest BCUT2D eigenvalue weighted by Gasteiger charge is 2.34. The van der Waals surface area contributed by atoms with E-state index < -0.39 is 17.6 Å². The van der Waals surface area contributed by atoms with Gasteiger partial charge in [0.1, 0.15) is 5.82 Å². The third-order valence-corrected chi connectivity index (χ3v) is 3.63. The van der Waals surface area contributed by atoms with E-state index in [1.54, 1.807) is 0 Å². The van der Waals surface area contributed by atoms with Crippen molar-refractivity contribution >= 4 is 0 Å². The molecule has 2 unspecified atom stereocenters. The van der Waals surface area contributed by atoms with Crippen LogP contribution in [0, 0.1) is 11.7 Å². The van der Waals surface area contributed by atoms with Crippen molar-refractivity contribution in [3.8, 4) is 0 Å². The Labute approximate surface area is 110 Å². The molecule has 0 amide bonds. The average molecular weight is 275 g/mol. The molecular weight excluding hydrogens is 258 g/mol. The molecule has 0 spiro atoms. The van der Waals surface area contributed by atoms with Crippen LogP contribution in [0.15, 0.2) is 18.2 Å². The van der Waals surface area contributed by atoms with Gasteiger partial charge in [0, 0.05) is 6.04 Å². The normalized spacial score (nSPS) is 24.5. The maximum atomic E-state index is 13.4. The minimum atomic E-state index is -4.62. The van der Waals surface area contributed by atoms with E-state index in [1.165, 1.54) is 6.07 Å². The van der Waals surface area contributed by atoms with Crippen LogP contribution in [0.4, 0.5) is 17.6 Å². The molecule has 0 radical (unpaired) electrons. The number of benzene rings is 1. The van der Waals surface area contributed by atoms with E-state index in [0.29, 0.717) is 23.9 Å².